The SMILES string of the molecule is C/C=C(C)/C(CCCCCCCC)=N/N1CC1c1ccccc1. The normalized spacial score (nSPS) is 18.4. The van der Waals surface area contributed by atoms with E-state index in [4.69, 9.17) is 5.10 Å². The van der Waals surface area contributed by atoms with Crippen molar-refractivity contribution < 1.29 is 0 Å². The molecule has 0 spiro atoms. The first-order valence-corrected chi connectivity index (χ1v) is 9.28. The zero-order valence-corrected chi connectivity index (χ0v) is 15.1. The van der Waals surface area contributed by atoms with Crippen molar-refractivity contribution in [2.75, 3.05) is 6.54 Å². The third kappa shape index (κ3) is 5.85. The number of allylic oxidation sites excluding steroid dienone is 2. The van der Waals surface area contributed by atoms with E-state index >= 15 is 0 Å². The number of nitrogens with zero attached hydrogens (tertiary/aromatic N) is 2. The number of hydrogen-bond acceptors (Lipinski definition) is 2. The van der Waals surface area contributed by atoms with Crippen LogP contribution in [-0.2, 0) is 0 Å². The minimum atomic E-state index is 0.486. The molecule has 1 heterocycles. The van der Waals surface area contributed by atoms with Crippen LogP contribution in [0.15, 0.2) is 47.1 Å². The van der Waals surface area contributed by atoms with Crippen LogP contribution in [0.3, 0.4) is 0 Å². The van der Waals surface area contributed by atoms with Crippen molar-refractivity contribution in [3.05, 3.63) is 47.5 Å². The van der Waals surface area contributed by atoms with E-state index in [-0.39, 0.29) is 0 Å². The van der Waals surface area contributed by atoms with Crippen LogP contribution >= 0.6 is 0 Å². The van der Waals surface area contributed by atoms with Crippen molar-refractivity contribution in [2.45, 2.75) is 71.8 Å². The topological polar surface area (TPSA) is 15.4 Å². The van der Waals surface area contributed by atoms with E-state index in [0.717, 1.165) is 13.0 Å². The molecule has 0 saturated carbocycles. The largest absolute Gasteiger partial charge is 0.285 e. The molecule has 1 aromatic carbocycles. The van der Waals surface area contributed by atoms with Crippen LogP contribution in [-0.4, -0.2) is 17.3 Å². The number of unbranched alkanes of at least 4 members (excludes halogenated alkanes) is 5. The first kappa shape index (κ1) is 17.8. The lowest BCUT2D eigenvalue weighted by Crippen LogP contribution is -2.04. The van der Waals surface area contributed by atoms with E-state index in [1.54, 1.807) is 0 Å². The van der Waals surface area contributed by atoms with Crippen molar-refractivity contribution in [3.8, 4) is 0 Å². The quantitative estimate of drug-likeness (QED) is 0.289. The van der Waals surface area contributed by atoms with Gasteiger partial charge in [-0.3, -0.25) is 5.01 Å². The van der Waals surface area contributed by atoms with Crippen LogP contribution < -0.4 is 0 Å². The molecule has 1 aromatic rings. The molecule has 1 fully saturated rings. The van der Waals surface area contributed by atoms with Gasteiger partial charge in [0.15, 0.2) is 0 Å². The molecule has 0 radical (unpaired) electrons. The van der Waals surface area contributed by atoms with Crippen LogP contribution in [0.1, 0.15) is 77.3 Å². The Morgan fingerprint density at radius 1 is 1.13 bits per heavy atom. The second-order valence-corrected chi connectivity index (χ2v) is 6.58. The summed E-state index contributed by atoms with van der Waals surface area (Å²) >= 11 is 0. The van der Waals surface area contributed by atoms with Gasteiger partial charge in [0.1, 0.15) is 0 Å². The monoisotopic (exact) mass is 312 g/mol. The summed E-state index contributed by atoms with van der Waals surface area (Å²) in [5.41, 5.74) is 3.99. The van der Waals surface area contributed by atoms with E-state index in [1.165, 1.54) is 55.4 Å². The molecule has 1 atom stereocenters. The van der Waals surface area contributed by atoms with Crippen molar-refractivity contribution in [3.63, 3.8) is 0 Å². The summed E-state index contributed by atoms with van der Waals surface area (Å²) in [6, 6.07) is 11.2. The molecule has 0 bridgehead atoms. The smallest absolute Gasteiger partial charge is 0.0913 e. The van der Waals surface area contributed by atoms with Crippen molar-refractivity contribution >= 4 is 5.71 Å². The van der Waals surface area contributed by atoms with Gasteiger partial charge in [0.05, 0.1) is 18.3 Å². The van der Waals surface area contributed by atoms with Gasteiger partial charge in [-0.15, -0.1) is 0 Å². The molecule has 1 saturated heterocycles. The molecular formula is C21H32N2. The molecule has 0 aromatic heterocycles. The Bertz CT molecular complexity index is 516. The third-order valence-electron chi connectivity index (χ3n) is 4.68. The fraction of sp³-hybridized carbons (Fsp3) is 0.571. The lowest BCUT2D eigenvalue weighted by molar-refractivity contribution is 0.547. The van der Waals surface area contributed by atoms with Crippen LogP contribution in [0, 0.1) is 0 Å². The number of hydrazone groups is 1. The minimum Gasteiger partial charge on any atom is -0.285 e. The Morgan fingerprint density at radius 3 is 2.52 bits per heavy atom. The van der Waals surface area contributed by atoms with Gasteiger partial charge in [-0.2, -0.15) is 5.10 Å². The molecule has 1 aliphatic rings. The second kappa shape index (κ2) is 9.54. The molecule has 2 rings (SSSR count). The molecule has 2 nitrogen and oxygen atoms in total. The average molecular weight is 313 g/mol. The van der Waals surface area contributed by atoms with E-state index < -0.39 is 0 Å². The summed E-state index contributed by atoms with van der Waals surface area (Å²) in [5, 5.41) is 7.16. The highest BCUT2D eigenvalue weighted by atomic mass is 15.6. The molecule has 0 N–H and O–H groups in total. The first-order valence-electron chi connectivity index (χ1n) is 9.28. The van der Waals surface area contributed by atoms with Crippen molar-refractivity contribution in [1.29, 1.82) is 0 Å². The Labute approximate surface area is 142 Å². The van der Waals surface area contributed by atoms with Crippen LogP contribution in [0.4, 0.5) is 0 Å². The summed E-state index contributed by atoms with van der Waals surface area (Å²) in [7, 11) is 0. The molecule has 126 valence electrons. The van der Waals surface area contributed by atoms with Gasteiger partial charge in [0.2, 0.25) is 0 Å². The molecule has 2 heteroatoms. The zero-order chi connectivity index (χ0) is 16.5. The Balaban J connectivity index is 1.84. The van der Waals surface area contributed by atoms with E-state index in [2.05, 4.69) is 62.2 Å². The summed E-state index contributed by atoms with van der Waals surface area (Å²) in [5.74, 6) is 0. The average Bonchev–Trinajstić information content (AvgIpc) is 3.36. The molecule has 23 heavy (non-hydrogen) atoms. The van der Waals surface area contributed by atoms with Crippen LogP contribution in [0.2, 0.25) is 0 Å². The van der Waals surface area contributed by atoms with Gasteiger partial charge in [0.25, 0.3) is 0 Å². The zero-order valence-electron chi connectivity index (χ0n) is 15.1. The summed E-state index contributed by atoms with van der Waals surface area (Å²) in [6.07, 6.45) is 11.3. The number of rotatable bonds is 10. The highest BCUT2D eigenvalue weighted by Crippen LogP contribution is 2.35. The van der Waals surface area contributed by atoms with Gasteiger partial charge in [0, 0.05) is 0 Å². The van der Waals surface area contributed by atoms with Gasteiger partial charge in [-0.05, 0) is 37.8 Å². The lowest BCUT2D eigenvalue weighted by atomic mass is 10.0. The van der Waals surface area contributed by atoms with Crippen molar-refractivity contribution in [2.24, 2.45) is 5.10 Å². The Morgan fingerprint density at radius 2 is 1.83 bits per heavy atom. The van der Waals surface area contributed by atoms with E-state index in [0.29, 0.717) is 6.04 Å². The molecule has 1 unspecified atom stereocenters. The van der Waals surface area contributed by atoms with E-state index in [9.17, 15) is 0 Å². The van der Waals surface area contributed by atoms with Gasteiger partial charge >= 0.3 is 0 Å². The fourth-order valence-electron chi connectivity index (χ4n) is 2.91. The maximum atomic E-state index is 4.93. The second-order valence-electron chi connectivity index (χ2n) is 6.58. The predicted molar refractivity (Wildman–Crippen MR) is 101 cm³/mol. The highest BCUT2D eigenvalue weighted by Gasteiger charge is 2.34. The number of benzene rings is 1. The number of hydrogen-bond donors (Lipinski definition) is 0. The van der Waals surface area contributed by atoms with Crippen molar-refractivity contribution in [1.82, 2.24) is 5.01 Å². The maximum absolute atomic E-state index is 4.93. The Kier molecular flexibility index (Phi) is 7.38. The van der Waals surface area contributed by atoms with Gasteiger partial charge in [-0.25, -0.2) is 0 Å². The molecule has 0 aliphatic carbocycles. The minimum absolute atomic E-state index is 0.486. The summed E-state index contributed by atoms with van der Waals surface area (Å²) in [4.78, 5) is 0. The fourth-order valence-corrected chi connectivity index (χ4v) is 2.91. The maximum Gasteiger partial charge on any atom is 0.0913 e. The highest BCUT2D eigenvalue weighted by molar-refractivity contribution is 5.99. The van der Waals surface area contributed by atoms with Crippen LogP contribution in [0.25, 0.3) is 0 Å². The Hall–Kier alpha value is -1.57. The standard InChI is InChI=1S/C21H32N2/c1-4-6-7-8-9-13-16-20(18(3)5-2)22-23-17-21(23)19-14-11-10-12-15-19/h5,10-12,14-15,21H,4,6-9,13,16-17H2,1-3H3/b18-5+,22-20+. The molecular weight excluding hydrogens is 280 g/mol. The summed E-state index contributed by atoms with van der Waals surface area (Å²) in [6.45, 7) is 7.63. The van der Waals surface area contributed by atoms with Crippen LogP contribution in [0.5, 0.6) is 0 Å². The third-order valence-corrected chi connectivity index (χ3v) is 4.68. The van der Waals surface area contributed by atoms with E-state index in [1.807, 2.05) is 0 Å². The summed E-state index contributed by atoms with van der Waals surface area (Å²) < 4.78 is 0. The predicted octanol–water partition coefficient (Wildman–Crippen LogP) is 6.12. The molecule has 0 amide bonds. The van der Waals surface area contributed by atoms with Gasteiger partial charge in [-0.1, -0.05) is 75.4 Å². The lowest BCUT2D eigenvalue weighted by Gasteiger charge is -2.08. The van der Waals surface area contributed by atoms with Gasteiger partial charge < -0.3 is 0 Å². The molecule has 1 aliphatic heterocycles. The first-order chi connectivity index (χ1) is 11.3.